The number of hydrogen-bond donors (Lipinski definition) is 1. The van der Waals surface area contributed by atoms with Crippen LogP contribution in [-0.2, 0) is 0 Å². The van der Waals surface area contributed by atoms with Crippen LogP contribution in [0, 0.1) is 6.92 Å². The molecular formula is C9H8N2NaO. The van der Waals surface area contributed by atoms with Gasteiger partial charge in [0, 0.05) is 29.6 Å². The van der Waals surface area contributed by atoms with Crippen LogP contribution in [0.25, 0.3) is 10.9 Å². The molecule has 13 heavy (non-hydrogen) atoms. The predicted molar refractivity (Wildman–Crippen MR) is 52.9 cm³/mol. The van der Waals surface area contributed by atoms with Gasteiger partial charge in [0.05, 0.1) is 10.9 Å². The zero-order valence-electron chi connectivity index (χ0n) is 7.66. The average Bonchev–Trinajstić information content (AvgIpc) is 2.04. The summed E-state index contributed by atoms with van der Waals surface area (Å²) in [4.78, 5) is 18.1. The molecule has 0 aliphatic heterocycles. The first-order valence-electron chi connectivity index (χ1n) is 3.73. The number of para-hydroxylation sites is 1. The Morgan fingerprint density at radius 3 is 2.77 bits per heavy atom. The van der Waals surface area contributed by atoms with E-state index in [1.165, 1.54) is 0 Å². The van der Waals surface area contributed by atoms with Crippen molar-refractivity contribution in [3.63, 3.8) is 0 Å². The summed E-state index contributed by atoms with van der Waals surface area (Å²) in [6.45, 7) is 1.77. The van der Waals surface area contributed by atoms with E-state index in [-0.39, 0.29) is 35.1 Å². The van der Waals surface area contributed by atoms with Crippen LogP contribution in [0.15, 0.2) is 29.1 Å². The van der Waals surface area contributed by atoms with Crippen LogP contribution >= 0.6 is 0 Å². The van der Waals surface area contributed by atoms with E-state index >= 15 is 0 Å². The van der Waals surface area contributed by atoms with Gasteiger partial charge in [-0.15, -0.1) is 0 Å². The summed E-state index contributed by atoms with van der Waals surface area (Å²) < 4.78 is 0. The van der Waals surface area contributed by atoms with E-state index in [9.17, 15) is 4.79 Å². The number of aryl methyl sites for hydroxylation is 1. The van der Waals surface area contributed by atoms with E-state index < -0.39 is 0 Å². The topological polar surface area (TPSA) is 45.8 Å². The number of nitrogens with one attached hydrogen (secondary N) is 1. The summed E-state index contributed by atoms with van der Waals surface area (Å²) in [5, 5.41) is 0.642. The van der Waals surface area contributed by atoms with Crippen molar-refractivity contribution >= 4 is 40.5 Å². The van der Waals surface area contributed by atoms with Crippen LogP contribution in [-0.4, -0.2) is 39.5 Å². The maximum atomic E-state index is 11.3. The minimum atomic E-state index is -0.0712. The van der Waals surface area contributed by atoms with Gasteiger partial charge in [0.25, 0.3) is 5.56 Å². The zero-order valence-corrected chi connectivity index (χ0v) is 9.66. The molecule has 0 saturated carbocycles. The van der Waals surface area contributed by atoms with E-state index in [2.05, 4.69) is 9.97 Å². The molecule has 0 aliphatic rings. The van der Waals surface area contributed by atoms with Crippen LogP contribution in [0.3, 0.4) is 0 Å². The van der Waals surface area contributed by atoms with Gasteiger partial charge in [-0.2, -0.15) is 0 Å². The number of aromatic amines is 1. The molecule has 2 rings (SSSR count). The van der Waals surface area contributed by atoms with Crippen LogP contribution in [0.5, 0.6) is 0 Å². The van der Waals surface area contributed by atoms with Crippen LogP contribution < -0.4 is 5.56 Å². The Morgan fingerprint density at radius 2 is 2.00 bits per heavy atom. The first-order valence-corrected chi connectivity index (χ1v) is 3.73. The molecule has 0 saturated heterocycles. The van der Waals surface area contributed by atoms with Crippen molar-refractivity contribution in [2.75, 3.05) is 0 Å². The second kappa shape index (κ2) is 4.05. The van der Waals surface area contributed by atoms with Gasteiger partial charge in [0.15, 0.2) is 0 Å². The molecule has 1 N–H and O–H groups in total. The fraction of sp³-hybridized carbons (Fsp3) is 0.111. The van der Waals surface area contributed by atoms with Crippen molar-refractivity contribution in [2.45, 2.75) is 6.92 Å². The molecule has 0 spiro atoms. The molecule has 1 heterocycles. The van der Waals surface area contributed by atoms with E-state index in [0.29, 0.717) is 11.2 Å². The molecule has 61 valence electrons. The van der Waals surface area contributed by atoms with Crippen molar-refractivity contribution in [3.8, 4) is 0 Å². The Hall–Kier alpha value is -0.640. The average molecular weight is 183 g/mol. The maximum Gasteiger partial charge on any atom is 0.258 e. The number of hydrogen-bond acceptors (Lipinski definition) is 2. The minimum absolute atomic E-state index is 0. The third kappa shape index (κ3) is 1.99. The second-order valence-corrected chi connectivity index (χ2v) is 2.67. The summed E-state index contributed by atoms with van der Waals surface area (Å²) in [7, 11) is 0. The van der Waals surface area contributed by atoms with E-state index in [0.717, 1.165) is 5.52 Å². The molecule has 0 amide bonds. The largest absolute Gasteiger partial charge is 0.310 e. The maximum absolute atomic E-state index is 11.3. The van der Waals surface area contributed by atoms with E-state index in [4.69, 9.17) is 0 Å². The molecule has 3 nitrogen and oxygen atoms in total. The van der Waals surface area contributed by atoms with Gasteiger partial charge in [-0.25, -0.2) is 4.98 Å². The molecule has 1 radical (unpaired) electrons. The van der Waals surface area contributed by atoms with Crippen LogP contribution in [0.4, 0.5) is 0 Å². The standard InChI is InChI=1S/C9H8N2O.Na/c1-6-10-8-5-3-2-4-7(8)9(12)11-6;/h2-5H,1H3,(H,10,11,12);. The summed E-state index contributed by atoms with van der Waals surface area (Å²) in [6, 6.07) is 7.29. The molecule has 4 heteroatoms. The van der Waals surface area contributed by atoms with Gasteiger partial charge in [-0.1, -0.05) is 12.1 Å². The molecule has 0 aliphatic carbocycles. The predicted octanol–water partition coefficient (Wildman–Crippen LogP) is 0.851. The van der Waals surface area contributed by atoms with Crippen LogP contribution in [0.1, 0.15) is 5.82 Å². The van der Waals surface area contributed by atoms with Crippen molar-refractivity contribution in [1.82, 2.24) is 9.97 Å². The number of H-pyrrole nitrogens is 1. The first kappa shape index (κ1) is 10.4. The fourth-order valence-corrected chi connectivity index (χ4v) is 1.20. The fourth-order valence-electron chi connectivity index (χ4n) is 1.20. The Bertz CT molecular complexity index is 478. The first-order chi connectivity index (χ1) is 5.77. The van der Waals surface area contributed by atoms with Crippen LogP contribution in [0.2, 0.25) is 0 Å². The molecule has 2 aromatic rings. The zero-order chi connectivity index (χ0) is 8.55. The van der Waals surface area contributed by atoms with Crippen molar-refractivity contribution in [3.05, 3.63) is 40.4 Å². The number of fused-ring (bicyclic) bond motifs is 1. The van der Waals surface area contributed by atoms with Gasteiger partial charge in [0.1, 0.15) is 5.82 Å². The van der Waals surface area contributed by atoms with Gasteiger partial charge < -0.3 is 4.98 Å². The van der Waals surface area contributed by atoms with Crippen molar-refractivity contribution < 1.29 is 0 Å². The number of rotatable bonds is 0. The Morgan fingerprint density at radius 1 is 1.31 bits per heavy atom. The van der Waals surface area contributed by atoms with Crippen molar-refractivity contribution in [2.24, 2.45) is 0 Å². The number of aromatic nitrogens is 2. The third-order valence-electron chi connectivity index (χ3n) is 1.73. The molecule has 0 bridgehead atoms. The number of nitrogens with zero attached hydrogens (tertiary/aromatic N) is 1. The molecule has 0 unspecified atom stereocenters. The Labute approximate surface area is 97.5 Å². The molecule has 0 atom stereocenters. The second-order valence-electron chi connectivity index (χ2n) is 2.67. The number of benzene rings is 1. The summed E-state index contributed by atoms with van der Waals surface area (Å²) >= 11 is 0. The molecule has 1 aromatic carbocycles. The molecular weight excluding hydrogens is 175 g/mol. The quantitative estimate of drug-likeness (QED) is 0.615. The third-order valence-corrected chi connectivity index (χ3v) is 1.73. The molecule has 1 aromatic heterocycles. The van der Waals surface area contributed by atoms with E-state index in [1.54, 1.807) is 13.0 Å². The Kier molecular flexibility index (Phi) is 3.25. The van der Waals surface area contributed by atoms with Gasteiger partial charge in [-0.05, 0) is 19.1 Å². The summed E-state index contributed by atoms with van der Waals surface area (Å²) in [6.07, 6.45) is 0. The smallest absolute Gasteiger partial charge is 0.258 e. The van der Waals surface area contributed by atoms with E-state index in [1.807, 2.05) is 18.2 Å². The SMILES string of the molecule is Cc1nc2ccccc2c(=O)[nH]1.[Na]. The minimum Gasteiger partial charge on any atom is -0.310 e. The monoisotopic (exact) mass is 183 g/mol. The van der Waals surface area contributed by atoms with Gasteiger partial charge in [0.2, 0.25) is 0 Å². The summed E-state index contributed by atoms with van der Waals surface area (Å²) in [5.74, 6) is 0.652. The van der Waals surface area contributed by atoms with Gasteiger partial charge in [-0.3, -0.25) is 4.79 Å². The Balaban J connectivity index is 0.000000845. The summed E-state index contributed by atoms with van der Waals surface area (Å²) in [5.41, 5.74) is 0.678. The normalized spacial score (nSPS) is 9.62. The molecule has 0 fully saturated rings. The van der Waals surface area contributed by atoms with Crippen molar-refractivity contribution in [1.29, 1.82) is 0 Å². The van der Waals surface area contributed by atoms with Gasteiger partial charge >= 0.3 is 0 Å².